The summed E-state index contributed by atoms with van der Waals surface area (Å²) in [6.07, 6.45) is 0. The van der Waals surface area contributed by atoms with Gasteiger partial charge in [0.15, 0.2) is 0 Å². The fourth-order valence-electron chi connectivity index (χ4n) is 1.70. The Kier molecular flexibility index (Phi) is 3.89. The van der Waals surface area contributed by atoms with Gasteiger partial charge in [-0.3, -0.25) is 4.72 Å². The van der Waals surface area contributed by atoms with Gasteiger partial charge >= 0.3 is 0 Å². The Balaban J connectivity index is 2.21. The van der Waals surface area contributed by atoms with E-state index in [9.17, 15) is 17.2 Å². The van der Waals surface area contributed by atoms with Gasteiger partial charge in [0.1, 0.15) is 11.6 Å². The van der Waals surface area contributed by atoms with Crippen LogP contribution in [0.1, 0.15) is 5.56 Å². The highest BCUT2D eigenvalue weighted by atomic mass is 32.2. The third kappa shape index (κ3) is 3.67. The summed E-state index contributed by atoms with van der Waals surface area (Å²) in [4.78, 5) is 0. The van der Waals surface area contributed by atoms with Gasteiger partial charge in [0.05, 0.1) is 11.4 Å². The van der Waals surface area contributed by atoms with Crippen molar-refractivity contribution in [2.24, 2.45) is 0 Å². The minimum Gasteiger partial charge on any atom is -0.398 e. The van der Waals surface area contributed by atoms with Gasteiger partial charge in [0.25, 0.3) is 0 Å². The van der Waals surface area contributed by atoms with Crippen LogP contribution in [-0.4, -0.2) is 8.42 Å². The number of nitrogen functional groups attached to an aromatic ring is 1. The topological polar surface area (TPSA) is 72.2 Å². The third-order valence-corrected chi connectivity index (χ3v) is 3.77. The molecule has 3 N–H and O–H groups in total. The Morgan fingerprint density at radius 2 is 1.65 bits per heavy atom. The van der Waals surface area contributed by atoms with E-state index in [0.717, 1.165) is 12.1 Å². The number of anilines is 2. The molecule has 4 nitrogen and oxygen atoms in total. The van der Waals surface area contributed by atoms with Crippen LogP contribution in [0.5, 0.6) is 0 Å². The van der Waals surface area contributed by atoms with Crippen molar-refractivity contribution >= 4 is 21.4 Å². The molecular weight excluding hydrogens is 286 g/mol. The molecule has 7 heteroatoms. The average molecular weight is 298 g/mol. The number of hydrogen-bond acceptors (Lipinski definition) is 3. The lowest BCUT2D eigenvalue weighted by atomic mass is 10.2. The fourth-order valence-corrected chi connectivity index (χ4v) is 2.92. The molecule has 20 heavy (non-hydrogen) atoms. The predicted molar refractivity (Wildman–Crippen MR) is 73.5 cm³/mol. The van der Waals surface area contributed by atoms with Crippen LogP contribution >= 0.6 is 0 Å². The minimum atomic E-state index is -3.81. The van der Waals surface area contributed by atoms with E-state index in [1.165, 1.54) is 0 Å². The highest BCUT2D eigenvalue weighted by Crippen LogP contribution is 2.18. The zero-order valence-electron chi connectivity index (χ0n) is 10.3. The summed E-state index contributed by atoms with van der Waals surface area (Å²) < 4.78 is 52.0. The van der Waals surface area contributed by atoms with Gasteiger partial charge in [-0.1, -0.05) is 18.2 Å². The summed E-state index contributed by atoms with van der Waals surface area (Å²) in [7, 11) is -3.81. The van der Waals surface area contributed by atoms with Crippen LogP contribution in [0.4, 0.5) is 20.2 Å². The van der Waals surface area contributed by atoms with E-state index in [4.69, 9.17) is 5.73 Å². The lowest BCUT2D eigenvalue weighted by molar-refractivity contribution is 0.584. The van der Waals surface area contributed by atoms with E-state index in [0.29, 0.717) is 17.3 Å². The van der Waals surface area contributed by atoms with Crippen molar-refractivity contribution in [1.29, 1.82) is 0 Å². The van der Waals surface area contributed by atoms with Crippen molar-refractivity contribution in [3.63, 3.8) is 0 Å². The molecule has 0 radical (unpaired) electrons. The summed E-state index contributed by atoms with van der Waals surface area (Å²) in [6.45, 7) is 0. The third-order valence-electron chi connectivity index (χ3n) is 2.54. The quantitative estimate of drug-likeness (QED) is 0.852. The molecule has 0 saturated carbocycles. The van der Waals surface area contributed by atoms with Gasteiger partial charge in [-0.05, 0) is 23.8 Å². The van der Waals surface area contributed by atoms with E-state index in [-0.39, 0.29) is 11.4 Å². The number of nitrogens with one attached hydrogen (secondary N) is 1. The van der Waals surface area contributed by atoms with Crippen LogP contribution in [0.2, 0.25) is 0 Å². The lowest BCUT2D eigenvalue weighted by Crippen LogP contribution is -2.16. The fraction of sp³-hybridized carbons (Fsp3) is 0.0769. The van der Waals surface area contributed by atoms with Crippen LogP contribution in [0.25, 0.3) is 0 Å². The first-order valence-corrected chi connectivity index (χ1v) is 7.31. The largest absolute Gasteiger partial charge is 0.398 e. The summed E-state index contributed by atoms with van der Waals surface area (Å²) in [5, 5.41) is 0. The molecule has 2 aromatic rings. The van der Waals surface area contributed by atoms with E-state index >= 15 is 0 Å². The van der Waals surface area contributed by atoms with Crippen molar-refractivity contribution in [3.05, 3.63) is 59.7 Å². The monoisotopic (exact) mass is 298 g/mol. The molecule has 0 unspecified atom stereocenters. The van der Waals surface area contributed by atoms with E-state index < -0.39 is 21.7 Å². The Bertz CT molecular complexity index is 713. The number of benzene rings is 2. The molecule has 2 aromatic carbocycles. The maximum atomic E-state index is 13.0. The molecule has 0 aliphatic carbocycles. The smallest absolute Gasteiger partial charge is 0.236 e. The molecule has 106 valence electrons. The predicted octanol–water partition coefficient (Wildman–Crippen LogP) is 2.49. The highest BCUT2D eigenvalue weighted by molar-refractivity contribution is 7.91. The van der Waals surface area contributed by atoms with E-state index in [2.05, 4.69) is 4.72 Å². The molecule has 0 spiro atoms. The van der Waals surface area contributed by atoms with E-state index in [1.807, 2.05) is 0 Å². The maximum Gasteiger partial charge on any atom is 0.236 e. The van der Waals surface area contributed by atoms with Crippen LogP contribution in [0, 0.1) is 11.6 Å². The SMILES string of the molecule is Nc1ccccc1CS(=O)(=O)Nc1cc(F)cc(F)c1. The van der Waals surface area contributed by atoms with Crippen molar-refractivity contribution in [2.45, 2.75) is 5.75 Å². The number of halogens is 2. The zero-order valence-corrected chi connectivity index (χ0v) is 11.1. The number of sulfonamides is 1. The molecular formula is C13H12F2N2O2S. The Labute approximate surface area is 115 Å². The van der Waals surface area contributed by atoms with Crippen molar-refractivity contribution in [3.8, 4) is 0 Å². The highest BCUT2D eigenvalue weighted by Gasteiger charge is 2.14. The lowest BCUT2D eigenvalue weighted by Gasteiger charge is -2.10. The first-order chi connectivity index (χ1) is 9.35. The minimum absolute atomic E-state index is 0.169. The number of para-hydroxylation sites is 1. The molecule has 0 aliphatic heterocycles. The van der Waals surface area contributed by atoms with Gasteiger partial charge in [0, 0.05) is 11.8 Å². The molecule has 0 bridgehead atoms. The van der Waals surface area contributed by atoms with Gasteiger partial charge in [-0.15, -0.1) is 0 Å². The first kappa shape index (κ1) is 14.3. The molecule has 0 fully saturated rings. The Morgan fingerprint density at radius 3 is 2.25 bits per heavy atom. The number of rotatable bonds is 4. The van der Waals surface area contributed by atoms with Gasteiger partial charge in [-0.25, -0.2) is 17.2 Å². The second kappa shape index (κ2) is 5.46. The molecule has 0 atom stereocenters. The van der Waals surface area contributed by atoms with Crippen LogP contribution in [0.15, 0.2) is 42.5 Å². The zero-order chi connectivity index (χ0) is 14.8. The Morgan fingerprint density at radius 1 is 1.05 bits per heavy atom. The van der Waals surface area contributed by atoms with Gasteiger partial charge < -0.3 is 5.73 Å². The summed E-state index contributed by atoms with van der Waals surface area (Å²) >= 11 is 0. The molecule has 0 aliphatic rings. The standard InChI is InChI=1S/C13H12F2N2O2S/c14-10-5-11(15)7-12(6-10)17-20(18,19)8-9-3-1-2-4-13(9)16/h1-7,17H,8,16H2. The average Bonchev–Trinajstić information content (AvgIpc) is 2.29. The van der Waals surface area contributed by atoms with Crippen molar-refractivity contribution in [2.75, 3.05) is 10.5 Å². The molecule has 2 rings (SSSR count). The molecule has 0 saturated heterocycles. The number of hydrogen-bond donors (Lipinski definition) is 2. The van der Waals surface area contributed by atoms with Crippen molar-refractivity contribution in [1.82, 2.24) is 0 Å². The second-order valence-corrected chi connectivity index (χ2v) is 5.94. The Hall–Kier alpha value is -2.15. The first-order valence-electron chi connectivity index (χ1n) is 5.66. The second-order valence-electron chi connectivity index (χ2n) is 4.22. The van der Waals surface area contributed by atoms with Crippen LogP contribution < -0.4 is 10.5 Å². The van der Waals surface area contributed by atoms with E-state index in [1.54, 1.807) is 24.3 Å². The maximum absolute atomic E-state index is 13.0. The van der Waals surface area contributed by atoms with Gasteiger partial charge in [-0.2, -0.15) is 0 Å². The summed E-state index contributed by atoms with van der Waals surface area (Å²) in [5.41, 5.74) is 6.24. The van der Waals surface area contributed by atoms with Crippen molar-refractivity contribution < 1.29 is 17.2 Å². The molecule has 0 heterocycles. The summed E-state index contributed by atoms with van der Waals surface area (Å²) in [6, 6.07) is 8.94. The van der Waals surface area contributed by atoms with Crippen LogP contribution in [0.3, 0.4) is 0 Å². The molecule has 0 amide bonds. The van der Waals surface area contributed by atoms with Gasteiger partial charge in [0.2, 0.25) is 10.0 Å². The molecule has 0 aromatic heterocycles. The van der Waals surface area contributed by atoms with Crippen LogP contribution in [-0.2, 0) is 15.8 Å². The normalized spacial score (nSPS) is 11.3. The summed E-state index contributed by atoms with van der Waals surface area (Å²) in [5.74, 6) is -2.10. The number of nitrogens with two attached hydrogens (primary N) is 1.